The Hall–Kier alpha value is -1.22. The molecule has 3 rings (SSSR count). The van der Waals surface area contributed by atoms with E-state index in [1.807, 2.05) is 12.1 Å². The van der Waals surface area contributed by atoms with Crippen molar-refractivity contribution < 1.29 is 4.74 Å². The molecule has 1 heterocycles. The number of nitrogens with one attached hydrogen (secondary N) is 2. The van der Waals surface area contributed by atoms with Crippen LogP contribution >= 0.6 is 0 Å². The summed E-state index contributed by atoms with van der Waals surface area (Å²) >= 11 is 0. The van der Waals surface area contributed by atoms with Crippen LogP contribution in [-0.4, -0.2) is 25.7 Å². The normalized spacial score (nSPS) is 30.5. The summed E-state index contributed by atoms with van der Waals surface area (Å²) in [6.45, 7) is 1.20. The van der Waals surface area contributed by atoms with Crippen LogP contribution in [0.2, 0.25) is 0 Å². The quantitative estimate of drug-likeness (QED) is 0.873. The lowest BCUT2D eigenvalue weighted by Crippen LogP contribution is -2.38. The van der Waals surface area contributed by atoms with Crippen molar-refractivity contribution >= 4 is 5.69 Å². The third-order valence-corrected chi connectivity index (χ3v) is 4.63. The van der Waals surface area contributed by atoms with Crippen molar-refractivity contribution in [2.24, 2.45) is 5.92 Å². The lowest BCUT2D eigenvalue weighted by Gasteiger charge is -2.27. The smallest absolute Gasteiger partial charge is 0.141 e. The molecular formula is C16H24N2O. The molecule has 1 saturated heterocycles. The average molecular weight is 260 g/mol. The van der Waals surface area contributed by atoms with Crippen LogP contribution in [0.4, 0.5) is 5.69 Å². The summed E-state index contributed by atoms with van der Waals surface area (Å²) in [5.41, 5.74) is 1.14. The second kappa shape index (κ2) is 5.83. The molecule has 3 unspecified atom stereocenters. The van der Waals surface area contributed by atoms with Crippen LogP contribution in [-0.2, 0) is 0 Å². The minimum atomic E-state index is 0.590. The number of ether oxygens (including phenoxy) is 1. The highest BCUT2D eigenvalue weighted by atomic mass is 16.5. The Kier molecular flexibility index (Phi) is 3.92. The van der Waals surface area contributed by atoms with Gasteiger partial charge in [-0.25, -0.2) is 0 Å². The van der Waals surface area contributed by atoms with Crippen LogP contribution < -0.4 is 15.4 Å². The van der Waals surface area contributed by atoms with Gasteiger partial charge in [0, 0.05) is 12.1 Å². The summed E-state index contributed by atoms with van der Waals surface area (Å²) in [6.07, 6.45) is 6.65. The van der Waals surface area contributed by atoms with E-state index in [2.05, 4.69) is 22.8 Å². The minimum absolute atomic E-state index is 0.590. The second-order valence-corrected chi connectivity index (χ2v) is 5.75. The van der Waals surface area contributed by atoms with Crippen LogP contribution in [0.3, 0.4) is 0 Å². The van der Waals surface area contributed by atoms with E-state index < -0.39 is 0 Å². The number of para-hydroxylation sites is 2. The fraction of sp³-hybridized carbons (Fsp3) is 0.625. The molecule has 2 fully saturated rings. The second-order valence-electron chi connectivity index (χ2n) is 5.75. The standard InChI is InChI=1S/C16H24N2O/c1-19-16-10-3-2-7-15(16)18-14-8-4-6-12(14)13-9-5-11-17-13/h2-3,7,10,12-14,17-18H,4-6,8-9,11H2,1H3. The third-order valence-electron chi connectivity index (χ3n) is 4.63. The van der Waals surface area contributed by atoms with Crippen molar-refractivity contribution in [3.8, 4) is 5.75 Å². The highest BCUT2D eigenvalue weighted by Gasteiger charge is 2.35. The van der Waals surface area contributed by atoms with E-state index in [-0.39, 0.29) is 0 Å². The maximum absolute atomic E-state index is 5.44. The molecule has 19 heavy (non-hydrogen) atoms. The third kappa shape index (κ3) is 2.71. The molecule has 3 heteroatoms. The Morgan fingerprint density at radius 1 is 1.16 bits per heavy atom. The first kappa shape index (κ1) is 12.8. The van der Waals surface area contributed by atoms with E-state index in [1.165, 1.54) is 38.6 Å². The highest BCUT2D eigenvalue weighted by molar-refractivity contribution is 5.56. The number of rotatable bonds is 4. The van der Waals surface area contributed by atoms with Crippen LogP contribution in [0.1, 0.15) is 32.1 Å². The van der Waals surface area contributed by atoms with Gasteiger partial charge < -0.3 is 15.4 Å². The molecule has 0 bridgehead atoms. The summed E-state index contributed by atoms with van der Waals surface area (Å²) < 4.78 is 5.44. The average Bonchev–Trinajstić information content (AvgIpc) is 3.09. The van der Waals surface area contributed by atoms with Crippen molar-refractivity contribution in [1.29, 1.82) is 0 Å². The van der Waals surface area contributed by atoms with Crippen molar-refractivity contribution in [1.82, 2.24) is 5.32 Å². The Morgan fingerprint density at radius 2 is 2.05 bits per heavy atom. The van der Waals surface area contributed by atoms with Gasteiger partial charge >= 0.3 is 0 Å². The summed E-state index contributed by atoms with van der Waals surface area (Å²) in [4.78, 5) is 0. The Bertz CT molecular complexity index is 415. The summed E-state index contributed by atoms with van der Waals surface area (Å²) in [6, 6.07) is 9.55. The van der Waals surface area contributed by atoms with Gasteiger partial charge in [0.2, 0.25) is 0 Å². The van der Waals surface area contributed by atoms with Gasteiger partial charge in [-0.05, 0) is 50.3 Å². The first-order chi connectivity index (χ1) is 9.38. The monoisotopic (exact) mass is 260 g/mol. The molecule has 0 aromatic heterocycles. The minimum Gasteiger partial charge on any atom is -0.495 e. The topological polar surface area (TPSA) is 33.3 Å². The number of anilines is 1. The van der Waals surface area contributed by atoms with Gasteiger partial charge in [-0.15, -0.1) is 0 Å². The van der Waals surface area contributed by atoms with Crippen molar-refractivity contribution in [2.45, 2.75) is 44.2 Å². The molecular weight excluding hydrogens is 236 g/mol. The fourth-order valence-corrected chi connectivity index (χ4v) is 3.69. The SMILES string of the molecule is COc1ccccc1NC1CCCC1C1CCCN1. The molecule has 1 aliphatic carbocycles. The van der Waals surface area contributed by atoms with Gasteiger partial charge in [0.1, 0.15) is 5.75 Å². The maximum atomic E-state index is 5.44. The zero-order valence-corrected chi connectivity index (χ0v) is 11.7. The Balaban J connectivity index is 1.70. The fourth-order valence-electron chi connectivity index (χ4n) is 3.69. The molecule has 3 atom stereocenters. The number of methoxy groups -OCH3 is 1. The summed E-state index contributed by atoms with van der Waals surface area (Å²) in [5, 5.41) is 7.39. The van der Waals surface area contributed by atoms with Gasteiger partial charge in [0.05, 0.1) is 12.8 Å². The van der Waals surface area contributed by atoms with E-state index in [1.54, 1.807) is 7.11 Å². The highest BCUT2D eigenvalue weighted by Crippen LogP contribution is 2.35. The van der Waals surface area contributed by atoms with Gasteiger partial charge in [-0.2, -0.15) is 0 Å². The zero-order valence-electron chi connectivity index (χ0n) is 11.7. The van der Waals surface area contributed by atoms with E-state index in [9.17, 15) is 0 Å². The molecule has 1 aliphatic heterocycles. The summed E-state index contributed by atoms with van der Waals surface area (Å²) in [5.74, 6) is 1.72. The largest absolute Gasteiger partial charge is 0.495 e. The first-order valence-electron chi connectivity index (χ1n) is 7.51. The van der Waals surface area contributed by atoms with Crippen molar-refractivity contribution in [2.75, 3.05) is 19.0 Å². The molecule has 1 aromatic carbocycles. The van der Waals surface area contributed by atoms with Gasteiger partial charge in [0.15, 0.2) is 0 Å². The van der Waals surface area contributed by atoms with Crippen molar-refractivity contribution in [3.05, 3.63) is 24.3 Å². The van der Waals surface area contributed by atoms with Crippen LogP contribution in [0.15, 0.2) is 24.3 Å². The molecule has 0 amide bonds. The number of hydrogen-bond acceptors (Lipinski definition) is 3. The Labute approximate surface area is 115 Å². The Morgan fingerprint density at radius 3 is 2.84 bits per heavy atom. The lowest BCUT2D eigenvalue weighted by molar-refractivity contribution is 0.373. The van der Waals surface area contributed by atoms with E-state index >= 15 is 0 Å². The van der Waals surface area contributed by atoms with Crippen LogP contribution in [0.25, 0.3) is 0 Å². The van der Waals surface area contributed by atoms with Gasteiger partial charge in [-0.3, -0.25) is 0 Å². The summed E-state index contributed by atoms with van der Waals surface area (Å²) in [7, 11) is 1.74. The van der Waals surface area contributed by atoms with E-state index in [0.29, 0.717) is 6.04 Å². The molecule has 2 aliphatic rings. The molecule has 3 nitrogen and oxygen atoms in total. The van der Waals surface area contributed by atoms with Crippen LogP contribution in [0, 0.1) is 5.92 Å². The predicted octanol–water partition coefficient (Wildman–Crippen LogP) is 3.03. The molecule has 1 saturated carbocycles. The zero-order chi connectivity index (χ0) is 13.1. The molecule has 0 radical (unpaired) electrons. The lowest BCUT2D eigenvalue weighted by atomic mass is 9.93. The maximum Gasteiger partial charge on any atom is 0.141 e. The van der Waals surface area contributed by atoms with Crippen molar-refractivity contribution in [3.63, 3.8) is 0 Å². The number of hydrogen-bond donors (Lipinski definition) is 2. The van der Waals surface area contributed by atoms with E-state index in [0.717, 1.165) is 23.4 Å². The van der Waals surface area contributed by atoms with Crippen LogP contribution in [0.5, 0.6) is 5.75 Å². The van der Waals surface area contributed by atoms with Gasteiger partial charge in [0.25, 0.3) is 0 Å². The predicted molar refractivity (Wildman–Crippen MR) is 78.8 cm³/mol. The molecule has 1 aromatic rings. The number of benzene rings is 1. The molecule has 2 N–H and O–H groups in total. The van der Waals surface area contributed by atoms with E-state index in [4.69, 9.17) is 4.74 Å². The molecule has 0 spiro atoms. The molecule has 104 valence electrons. The van der Waals surface area contributed by atoms with Gasteiger partial charge in [-0.1, -0.05) is 18.6 Å². The first-order valence-corrected chi connectivity index (χ1v) is 7.51.